The fourth-order valence-electron chi connectivity index (χ4n) is 3.05. The van der Waals surface area contributed by atoms with E-state index < -0.39 is 0 Å². The van der Waals surface area contributed by atoms with Crippen molar-refractivity contribution in [3.8, 4) is 0 Å². The molecule has 5 nitrogen and oxygen atoms in total. The molecule has 0 saturated carbocycles. The standard InChI is InChI=1S/C20H24ClN3O2/c1-23-13-10-18(22-26-15-16-7-3-2-4-8-16)17-9-14-24(12-6-5-11-21)19(17)20(23)25/h2-4,7-9,14H,5-6,10-13,15H2,1H3/b22-18+. The van der Waals surface area contributed by atoms with E-state index in [1.807, 2.05) is 54.2 Å². The van der Waals surface area contributed by atoms with Crippen LogP contribution in [0, 0.1) is 0 Å². The Morgan fingerprint density at radius 1 is 1.19 bits per heavy atom. The predicted molar refractivity (Wildman–Crippen MR) is 104 cm³/mol. The minimum absolute atomic E-state index is 0.0316. The van der Waals surface area contributed by atoms with E-state index in [1.54, 1.807) is 4.90 Å². The molecule has 26 heavy (non-hydrogen) atoms. The Hall–Kier alpha value is -2.27. The molecule has 138 valence electrons. The average molecular weight is 374 g/mol. The van der Waals surface area contributed by atoms with Gasteiger partial charge in [0, 0.05) is 44.2 Å². The van der Waals surface area contributed by atoms with Gasteiger partial charge in [-0.2, -0.15) is 0 Å². The van der Waals surface area contributed by atoms with Crippen molar-refractivity contribution in [3.05, 3.63) is 59.4 Å². The van der Waals surface area contributed by atoms with Crippen molar-refractivity contribution in [1.29, 1.82) is 0 Å². The third-order valence-corrected chi connectivity index (χ3v) is 4.81. The van der Waals surface area contributed by atoms with Gasteiger partial charge in [0.15, 0.2) is 0 Å². The molecule has 0 bridgehead atoms. The molecular weight excluding hydrogens is 350 g/mol. The number of unbranched alkanes of at least 4 members (excludes halogenated alkanes) is 1. The van der Waals surface area contributed by atoms with Gasteiger partial charge in [-0.3, -0.25) is 4.79 Å². The molecule has 0 fully saturated rings. The van der Waals surface area contributed by atoms with Gasteiger partial charge in [-0.15, -0.1) is 11.6 Å². The molecule has 1 aromatic heterocycles. The first-order valence-corrected chi connectivity index (χ1v) is 9.48. The number of carbonyl (C=O) groups is 1. The third kappa shape index (κ3) is 4.28. The van der Waals surface area contributed by atoms with Gasteiger partial charge in [0.25, 0.3) is 5.91 Å². The summed E-state index contributed by atoms with van der Waals surface area (Å²) in [5.74, 6) is 0.668. The normalized spacial score (nSPS) is 15.8. The zero-order valence-corrected chi connectivity index (χ0v) is 15.8. The molecule has 0 unspecified atom stereocenters. The SMILES string of the molecule is CN1CC/C(=N\OCc2ccccc2)c2ccn(CCCCCl)c2C1=O. The minimum Gasteiger partial charge on any atom is -0.391 e. The van der Waals surface area contributed by atoms with Crippen LogP contribution < -0.4 is 0 Å². The molecule has 0 spiro atoms. The summed E-state index contributed by atoms with van der Waals surface area (Å²) in [6.45, 7) is 1.82. The van der Waals surface area contributed by atoms with E-state index in [2.05, 4.69) is 5.16 Å². The summed E-state index contributed by atoms with van der Waals surface area (Å²) in [6.07, 6.45) is 4.51. The van der Waals surface area contributed by atoms with E-state index in [1.165, 1.54) is 0 Å². The number of benzene rings is 1. The quantitative estimate of drug-likeness (QED) is 0.419. The summed E-state index contributed by atoms with van der Waals surface area (Å²) < 4.78 is 2.01. The van der Waals surface area contributed by atoms with E-state index in [9.17, 15) is 4.79 Å². The summed E-state index contributed by atoms with van der Waals surface area (Å²) in [5.41, 5.74) is 3.46. The van der Waals surface area contributed by atoms with Crippen molar-refractivity contribution in [1.82, 2.24) is 9.47 Å². The lowest BCUT2D eigenvalue weighted by atomic mass is 10.1. The first-order chi connectivity index (χ1) is 12.7. The number of aryl methyl sites for hydroxylation is 1. The lowest BCUT2D eigenvalue weighted by Crippen LogP contribution is -2.28. The number of nitrogens with zero attached hydrogens (tertiary/aromatic N) is 3. The molecule has 3 rings (SSSR count). The predicted octanol–water partition coefficient (Wildman–Crippen LogP) is 3.90. The van der Waals surface area contributed by atoms with Crippen molar-refractivity contribution < 1.29 is 9.63 Å². The second-order valence-electron chi connectivity index (χ2n) is 6.44. The fraction of sp³-hybridized carbons (Fsp3) is 0.400. The monoisotopic (exact) mass is 373 g/mol. The topological polar surface area (TPSA) is 46.8 Å². The average Bonchev–Trinajstić information content (AvgIpc) is 3.03. The fourth-order valence-corrected chi connectivity index (χ4v) is 3.24. The number of carbonyl (C=O) groups excluding carboxylic acids is 1. The highest BCUT2D eigenvalue weighted by Crippen LogP contribution is 2.21. The van der Waals surface area contributed by atoms with Crippen molar-refractivity contribution in [2.75, 3.05) is 19.5 Å². The lowest BCUT2D eigenvalue weighted by molar-refractivity contribution is 0.0790. The van der Waals surface area contributed by atoms with E-state index in [-0.39, 0.29) is 5.91 Å². The first-order valence-electron chi connectivity index (χ1n) is 8.94. The van der Waals surface area contributed by atoms with Gasteiger partial charge < -0.3 is 14.3 Å². The van der Waals surface area contributed by atoms with Crippen molar-refractivity contribution in [2.24, 2.45) is 5.16 Å². The van der Waals surface area contributed by atoms with Crippen LogP contribution >= 0.6 is 11.6 Å². The van der Waals surface area contributed by atoms with E-state index >= 15 is 0 Å². The van der Waals surface area contributed by atoms with Crippen molar-refractivity contribution >= 4 is 23.2 Å². The van der Waals surface area contributed by atoms with Crippen molar-refractivity contribution in [3.63, 3.8) is 0 Å². The number of halogens is 1. The molecule has 1 aromatic carbocycles. The Labute approximate surface area is 159 Å². The van der Waals surface area contributed by atoms with Crippen LogP contribution in [-0.2, 0) is 18.0 Å². The lowest BCUT2D eigenvalue weighted by Gasteiger charge is -2.15. The smallest absolute Gasteiger partial charge is 0.270 e. The number of aromatic nitrogens is 1. The van der Waals surface area contributed by atoms with Gasteiger partial charge in [0.05, 0.1) is 5.71 Å². The molecule has 1 aliphatic heterocycles. The minimum atomic E-state index is 0.0316. The van der Waals surface area contributed by atoms with Crippen LogP contribution in [-0.4, -0.2) is 40.6 Å². The highest BCUT2D eigenvalue weighted by molar-refractivity contribution is 6.17. The zero-order chi connectivity index (χ0) is 18.4. The molecule has 1 aliphatic rings. The largest absolute Gasteiger partial charge is 0.391 e. The summed E-state index contributed by atoms with van der Waals surface area (Å²) in [6, 6.07) is 11.9. The number of fused-ring (bicyclic) bond motifs is 1. The molecule has 6 heteroatoms. The Kier molecular flexibility index (Phi) is 6.34. The highest BCUT2D eigenvalue weighted by atomic mass is 35.5. The molecule has 0 saturated heterocycles. The first kappa shape index (κ1) is 18.5. The summed E-state index contributed by atoms with van der Waals surface area (Å²) in [5, 5.41) is 4.36. The Morgan fingerprint density at radius 3 is 2.77 bits per heavy atom. The van der Waals surface area contributed by atoms with Crippen LogP contribution in [0.4, 0.5) is 0 Å². The number of alkyl halides is 1. The molecule has 0 radical (unpaired) electrons. The van der Waals surface area contributed by atoms with Gasteiger partial charge in [-0.05, 0) is 24.5 Å². The van der Waals surface area contributed by atoms with Crippen LogP contribution in [0.1, 0.15) is 40.9 Å². The van der Waals surface area contributed by atoms with Gasteiger partial charge in [0.1, 0.15) is 12.3 Å². The molecule has 0 aliphatic carbocycles. The Morgan fingerprint density at radius 2 is 2.00 bits per heavy atom. The van der Waals surface area contributed by atoms with Crippen molar-refractivity contribution in [2.45, 2.75) is 32.4 Å². The molecule has 2 aromatic rings. The molecule has 1 amide bonds. The van der Waals surface area contributed by atoms with Crippen LogP contribution in [0.15, 0.2) is 47.8 Å². The van der Waals surface area contributed by atoms with Gasteiger partial charge in [-0.1, -0.05) is 35.5 Å². The molecule has 0 atom stereocenters. The second-order valence-corrected chi connectivity index (χ2v) is 6.82. The maximum Gasteiger partial charge on any atom is 0.270 e. The summed E-state index contributed by atoms with van der Waals surface area (Å²) >= 11 is 5.77. The van der Waals surface area contributed by atoms with Gasteiger partial charge >= 0.3 is 0 Å². The molecular formula is C20H24ClN3O2. The van der Waals surface area contributed by atoms with Gasteiger partial charge in [0.2, 0.25) is 0 Å². The number of hydrogen-bond acceptors (Lipinski definition) is 3. The number of amides is 1. The number of oxime groups is 1. The highest BCUT2D eigenvalue weighted by Gasteiger charge is 2.27. The van der Waals surface area contributed by atoms with Crippen LogP contribution in [0.25, 0.3) is 0 Å². The van der Waals surface area contributed by atoms with E-state index in [4.69, 9.17) is 16.4 Å². The molecule has 0 N–H and O–H groups in total. The van der Waals surface area contributed by atoms with Gasteiger partial charge in [-0.25, -0.2) is 0 Å². The van der Waals surface area contributed by atoms with E-state index in [0.29, 0.717) is 31.1 Å². The number of rotatable bonds is 7. The third-order valence-electron chi connectivity index (χ3n) is 4.54. The Bertz CT molecular complexity index is 771. The maximum absolute atomic E-state index is 12.8. The summed E-state index contributed by atoms with van der Waals surface area (Å²) in [7, 11) is 1.83. The second kappa shape index (κ2) is 8.90. The van der Waals surface area contributed by atoms with Crippen LogP contribution in [0.3, 0.4) is 0 Å². The Balaban J connectivity index is 1.80. The maximum atomic E-state index is 12.8. The zero-order valence-electron chi connectivity index (χ0n) is 15.0. The van der Waals surface area contributed by atoms with E-state index in [0.717, 1.165) is 36.2 Å². The van der Waals surface area contributed by atoms with Crippen LogP contribution in [0.5, 0.6) is 0 Å². The number of hydrogen-bond donors (Lipinski definition) is 0. The van der Waals surface area contributed by atoms with Crippen LogP contribution in [0.2, 0.25) is 0 Å². The molecule has 2 heterocycles. The summed E-state index contributed by atoms with van der Waals surface area (Å²) in [4.78, 5) is 20.1.